The van der Waals surface area contributed by atoms with Gasteiger partial charge in [-0.05, 0) is 0 Å². The van der Waals surface area contributed by atoms with Gasteiger partial charge in [-0.1, -0.05) is 0 Å². The van der Waals surface area contributed by atoms with E-state index in [4.69, 9.17) is 18.9 Å². The third kappa shape index (κ3) is 4.62. The second-order valence-corrected chi connectivity index (χ2v) is 6.96. The topological polar surface area (TPSA) is 196 Å². The first kappa shape index (κ1) is 23.3. The SMILES string of the molecule is CC(=O)OC1[C@H](COC[C@]2(CO)O[C@@H](CO)[C@@H](O)C2O)OC(CO)[C@H](O)[C@@H]1O. The first-order valence-electron chi connectivity index (χ1n) is 8.83. The smallest absolute Gasteiger partial charge is 0.303 e. The molecule has 2 heterocycles. The highest BCUT2D eigenvalue weighted by Gasteiger charge is 2.54. The zero-order valence-corrected chi connectivity index (χ0v) is 15.3. The minimum Gasteiger partial charge on any atom is -0.457 e. The Morgan fingerprint density at radius 2 is 1.61 bits per heavy atom. The van der Waals surface area contributed by atoms with Crippen LogP contribution in [0.5, 0.6) is 0 Å². The summed E-state index contributed by atoms with van der Waals surface area (Å²) in [6.07, 6.45) is -10.6. The second kappa shape index (κ2) is 9.71. The van der Waals surface area contributed by atoms with Crippen LogP contribution >= 0.6 is 0 Å². The molecule has 0 aromatic carbocycles. The minimum absolute atomic E-state index is 0.323. The Bertz CT molecular complexity index is 518. The van der Waals surface area contributed by atoms with Gasteiger partial charge >= 0.3 is 5.97 Å². The van der Waals surface area contributed by atoms with Gasteiger partial charge < -0.3 is 54.7 Å². The van der Waals surface area contributed by atoms with Gasteiger partial charge in [-0.2, -0.15) is 0 Å². The summed E-state index contributed by atoms with van der Waals surface area (Å²) >= 11 is 0. The van der Waals surface area contributed by atoms with Crippen LogP contribution in [-0.4, -0.2) is 129 Å². The van der Waals surface area contributed by atoms with E-state index in [1.807, 2.05) is 0 Å². The van der Waals surface area contributed by atoms with E-state index in [0.29, 0.717) is 0 Å². The van der Waals surface area contributed by atoms with Crippen LogP contribution in [0.1, 0.15) is 6.92 Å². The predicted molar refractivity (Wildman–Crippen MR) is 87.9 cm³/mol. The van der Waals surface area contributed by atoms with Crippen LogP contribution in [0.15, 0.2) is 0 Å². The molecule has 12 heteroatoms. The number of hydrogen-bond acceptors (Lipinski definition) is 12. The van der Waals surface area contributed by atoms with E-state index in [9.17, 15) is 40.5 Å². The lowest BCUT2D eigenvalue weighted by molar-refractivity contribution is -0.250. The Kier molecular flexibility index (Phi) is 8.10. The molecule has 2 saturated heterocycles. The fourth-order valence-corrected chi connectivity index (χ4v) is 3.38. The number of aliphatic hydroxyl groups is 7. The maximum absolute atomic E-state index is 11.3. The normalized spacial score (nSPS) is 43.9. The number of carbonyl (C=O) groups is 1. The summed E-state index contributed by atoms with van der Waals surface area (Å²) in [6, 6.07) is 0. The van der Waals surface area contributed by atoms with Crippen LogP contribution in [-0.2, 0) is 23.7 Å². The maximum atomic E-state index is 11.3. The van der Waals surface area contributed by atoms with Crippen molar-refractivity contribution in [2.45, 2.75) is 61.4 Å². The summed E-state index contributed by atoms with van der Waals surface area (Å²) in [5.41, 5.74) is -1.70. The summed E-state index contributed by atoms with van der Waals surface area (Å²) in [5.74, 6) is -0.734. The second-order valence-electron chi connectivity index (χ2n) is 6.96. The van der Waals surface area contributed by atoms with Crippen molar-refractivity contribution in [2.75, 3.05) is 33.0 Å². The molecule has 28 heavy (non-hydrogen) atoms. The Labute approximate surface area is 160 Å². The third-order valence-electron chi connectivity index (χ3n) is 4.97. The molecule has 2 aliphatic rings. The van der Waals surface area contributed by atoms with Crippen molar-refractivity contribution in [2.24, 2.45) is 0 Å². The van der Waals surface area contributed by atoms with Crippen molar-refractivity contribution in [1.29, 1.82) is 0 Å². The van der Waals surface area contributed by atoms with E-state index in [1.165, 1.54) is 0 Å². The number of hydrogen-bond donors (Lipinski definition) is 7. The van der Waals surface area contributed by atoms with Gasteiger partial charge in [0.1, 0.15) is 48.3 Å². The van der Waals surface area contributed by atoms with Gasteiger partial charge in [-0.15, -0.1) is 0 Å². The van der Waals surface area contributed by atoms with Gasteiger partial charge in [0.25, 0.3) is 0 Å². The standard InChI is InChI=1S/C16H28O12/c1-7(20)26-14-10(27-8(2-17)11(21)13(14)23)4-25-6-16(5-19)15(24)12(22)9(3-18)28-16/h8-15,17-19,21-24H,2-6H2,1H3/t8?,9-,10-,11-,12+,13-,14?,15?,16-/m0/s1. The third-order valence-corrected chi connectivity index (χ3v) is 4.97. The summed E-state index contributed by atoms with van der Waals surface area (Å²) in [7, 11) is 0. The maximum Gasteiger partial charge on any atom is 0.303 e. The van der Waals surface area contributed by atoms with Gasteiger partial charge in [-0.25, -0.2) is 0 Å². The molecular weight excluding hydrogens is 384 g/mol. The highest BCUT2D eigenvalue weighted by Crippen LogP contribution is 2.32. The quantitative estimate of drug-likeness (QED) is 0.188. The Morgan fingerprint density at radius 3 is 2.11 bits per heavy atom. The van der Waals surface area contributed by atoms with E-state index < -0.39 is 86.8 Å². The van der Waals surface area contributed by atoms with Crippen LogP contribution in [0, 0.1) is 0 Å². The monoisotopic (exact) mass is 412 g/mol. The zero-order chi connectivity index (χ0) is 21.1. The summed E-state index contributed by atoms with van der Waals surface area (Å²) in [6.45, 7) is -1.55. The molecule has 3 unspecified atom stereocenters. The van der Waals surface area contributed by atoms with E-state index in [2.05, 4.69) is 0 Å². The molecule has 2 rings (SSSR count). The number of carbonyl (C=O) groups excluding carboxylic acids is 1. The number of esters is 1. The average molecular weight is 412 g/mol. The molecule has 2 fully saturated rings. The van der Waals surface area contributed by atoms with Gasteiger partial charge in [0.15, 0.2) is 6.10 Å². The number of aliphatic hydroxyl groups excluding tert-OH is 7. The van der Waals surface area contributed by atoms with Crippen LogP contribution in [0.25, 0.3) is 0 Å². The molecule has 164 valence electrons. The van der Waals surface area contributed by atoms with E-state index in [-0.39, 0.29) is 6.61 Å². The molecule has 0 aromatic heterocycles. The molecule has 0 spiro atoms. The number of ether oxygens (including phenoxy) is 4. The van der Waals surface area contributed by atoms with E-state index in [1.54, 1.807) is 0 Å². The largest absolute Gasteiger partial charge is 0.457 e. The molecule has 0 radical (unpaired) electrons. The van der Waals surface area contributed by atoms with Crippen molar-refractivity contribution < 1.29 is 59.5 Å². The molecule has 0 aromatic rings. The fourth-order valence-electron chi connectivity index (χ4n) is 3.38. The highest BCUT2D eigenvalue weighted by molar-refractivity contribution is 5.66. The summed E-state index contributed by atoms with van der Waals surface area (Å²) in [5, 5.41) is 68.2. The molecule has 9 atom stereocenters. The summed E-state index contributed by atoms with van der Waals surface area (Å²) in [4.78, 5) is 11.3. The first-order valence-corrected chi connectivity index (χ1v) is 8.83. The van der Waals surface area contributed by atoms with Gasteiger partial charge in [0.2, 0.25) is 0 Å². The Morgan fingerprint density at radius 1 is 0.964 bits per heavy atom. The number of rotatable bonds is 8. The molecule has 0 amide bonds. The van der Waals surface area contributed by atoms with Crippen molar-refractivity contribution in [3.63, 3.8) is 0 Å². The van der Waals surface area contributed by atoms with Crippen molar-refractivity contribution in [1.82, 2.24) is 0 Å². The van der Waals surface area contributed by atoms with E-state index >= 15 is 0 Å². The predicted octanol–water partition coefficient (Wildman–Crippen LogP) is -4.74. The Hall–Kier alpha value is -0.930. The lowest BCUT2D eigenvalue weighted by atomic mass is 9.94. The molecule has 2 aliphatic heterocycles. The van der Waals surface area contributed by atoms with Gasteiger partial charge in [-0.3, -0.25) is 4.79 Å². The Balaban J connectivity index is 2.04. The minimum atomic E-state index is -1.70. The molecular formula is C16H28O12. The lowest BCUT2D eigenvalue weighted by Crippen LogP contribution is -2.61. The van der Waals surface area contributed by atoms with Crippen LogP contribution in [0.2, 0.25) is 0 Å². The van der Waals surface area contributed by atoms with Crippen LogP contribution < -0.4 is 0 Å². The molecule has 0 aliphatic carbocycles. The van der Waals surface area contributed by atoms with Crippen molar-refractivity contribution in [3.8, 4) is 0 Å². The molecule has 0 bridgehead atoms. The van der Waals surface area contributed by atoms with Crippen molar-refractivity contribution >= 4 is 5.97 Å². The van der Waals surface area contributed by atoms with E-state index in [0.717, 1.165) is 6.92 Å². The van der Waals surface area contributed by atoms with Crippen LogP contribution in [0.4, 0.5) is 0 Å². The lowest BCUT2D eigenvalue weighted by Gasteiger charge is -2.41. The van der Waals surface area contributed by atoms with Gasteiger partial charge in [0.05, 0.1) is 33.0 Å². The molecule has 7 N–H and O–H groups in total. The van der Waals surface area contributed by atoms with Crippen molar-refractivity contribution in [3.05, 3.63) is 0 Å². The van der Waals surface area contributed by atoms with Crippen LogP contribution in [0.3, 0.4) is 0 Å². The summed E-state index contributed by atoms with van der Waals surface area (Å²) < 4.78 is 21.2. The molecule has 12 nitrogen and oxygen atoms in total. The van der Waals surface area contributed by atoms with Gasteiger partial charge in [0, 0.05) is 6.92 Å². The first-order chi connectivity index (χ1) is 13.2. The highest BCUT2D eigenvalue weighted by atomic mass is 16.6. The fraction of sp³-hybridized carbons (Fsp3) is 0.938. The average Bonchev–Trinajstić information content (AvgIpc) is 2.92. The molecule has 0 saturated carbocycles. The zero-order valence-electron chi connectivity index (χ0n) is 15.3.